The van der Waals surface area contributed by atoms with Gasteiger partial charge in [0, 0.05) is 18.9 Å². The van der Waals surface area contributed by atoms with Crippen LogP contribution in [-0.2, 0) is 13.1 Å². The summed E-state index contributed by atoms with van der Waals surface area (Å²) in [5, 5.41) is 11.9. The second-order valence-electron chi connectivity index (χ2n) is 6.95. The molecule has 0 unspecified atom stereocenters. The van der Waals surface area contributed by atoms with Gasteiger partial charge in [0.05, 0.1) is 29.2 Å². The molecule has 2 aromatic carbocycles. The molecule has 4 rings (SSSR count). The van der Waals surface area contributed by atoms with Gasteiger partial charge in [-0.3, -0.25) is 9.48 Å². The highest BCUT2D eigenvalue weighted by molar-refractivity contribution is 5.96. The standard InChI is InChI=1S/C23H23N5O/c1-17-22(18(2)28(26-17)21-11-4-3-5-12-21)23(29)24-15-19-9-6-7-10-20(19)16-27-14-8-13-25-27/h3-14H,15-16H2,1-2H3,(H,24,29). The third-order valence-corrected chi connectivity index (χ3v) is 4.97. The minimum Gasteiger partial charge on any atom is -0.348 e. The smallest absolute Gasteiger partial charge is 0.255 e. The van der Waals surface area contributed by atoms with Crippen LogP contribution in [0.1, 0.15) is 32.9 Å². The minimum atomic E-state index is -0.115. The van der Waals surface area contributed by atoms with Crippen molar-refractivity contribution in [2.45, 2.75) is 26.9 Å². The Balaban J connectivity index is 1.52. The van der Waals surface area contributed by atoms with E-state index in [0.717, 1.165) is 22.5 Å². The number of nitrogens with zero attached hydrogens (tertiary/aromatic N) is 4. The number of benzene rings is 2. The molecule has 2 heterocycles. The number of hydrogen-bond acceptors (Lipinski definition) is 3. The number of hydrogen-bond donors (Lipinski definition) is 1. The first-order chi connectivity index (χ1) is 14.1. The van der Waals surface area contributed by atoms with Gasteiger partial charge in [-0.2, -0.15) is 10.2 Å². The number of aryl methyl sites for hydroxylation is 1. The van der Waals surface area contributed by atoms with E-state index in [4.69, 9.17) is 0 Å². The summed E-state index contributed by atoms with van der Waals surface area (Å²) < 4.78 is 3.69. The Bertz CT molecular complexity index is 1110. The Morgan fingerprint density at radius 1 is 0.966 bits per heavy atom. The third-order valence-electron chi connectivity index (χ3n) is 4.97. The number of rotatable bonds is 6. The van der Waals surface area contributed by atoms with Crippen molar-refractivity contribution in [2.75, 3.05) is 0 Å². The number of nitrogens with one attached hydrogen (secondary N) is 1. The Morgan fingerprint density at radius 3 is 2.41 bits per heavy atom. The zero-order valence-corrected chi connectivity index (χ0v) is 16.5. The van der Waals surface area contributed by atoms with Crippen LogP contribution in [0.3, 0.4) is 0 Å². The van der Waals surface area contributed by atoms with Crippen molar-refractivity contribution < 1.29 is 4.79 Å². The molecule has 2 aromatic heterocycles. The molecule has 4 aromatic rings. The molecule has 6 nitrogen and oxygen atoms in total. The minimum absolute atomic E-state index is 0.115. The van der Waals surface area contributed by atoms with Gasteiger partial charge in [0.25, 0.3) is 5.91 Å². The largest absolute Gasteiger partial charge is 0.348 e. The van der Waals surface area contributed by atoms with Crippen molar-refractivity contribution in [2.24, 2.45) is 0 Å². The Kier molecular flexibility index (Phi) is 5.24. The van der Waals surface area contributed by atoms with Crippen LogP contribution in [0.25, 0.3) is 5.69 Å². The summed E-state index contributed by atoms with van der Waals surface area (Å²) in [6.45, 7) is 4.91. The molecule has 0 saturated heterocycles. The van der Waals surface area contributed by atoms with Crippen molar-refractivity contribution in [1.29, 1.82) is 0 Å². The number of aromatic nitrogens is 4. The zero-order chi connectivity index (χ0) is 20.2. The summed E-state index contributed by atoms with van der Waals surface area (Å²) in [5.41, 5.74) is 5.31. The lowest BCUT2D eigenvalue weighted by atomic mass is 10.1. The molecule has 29 heavy (non-hydrogen) atoms. The maximum Gasteiger partial charge on any atom is 0.255 e. The molecule has 1 amide bonds. The van der Waals surface area contributed by atoms with E-state index in [2.05, 4.69) is 21.6 Å². The van der Waals surface area contributed by atoms with Gasteiger partial charge in [-0.05, 0) is 43.2 Å². The lowest BCUT2D eigenvalue weighted by Crippen LogP contribution is -2.24. The second kappa shape index (κ2) is 8.14. The molecule has 0 radical (unpaired) electrons. The Labute approximate surface area is 169 Å². The van der Waals surface area contributed by atoms with Gasteiger partial charge in [0.1, 0.15) is 0 Å². The predicted molar refractivity (Wildman–Crippen MR) is 112 cm³/mol. The van der Waals surface area contributed by atoms with Crippen LogP contribution in [-0.4, -0.2) is 25.5 Å². The maximum absolute atomic E-state index is 13.0. The molecular weight excluding hydrogens is 362 g/mol. The van der Waals surface area contributed by atoms with E-state index in [9.17, 15) is 4.79 Å². The normalized spacial score (nSPS) is 10.8. The summed E-state index contributed by atoms with van der Waals surface area (Å²) in [4.78, 5) is 13.0. The number of amides is 1. The SMILES string of the molecule is Cc1nn(-c2ccccc2)c(C)c1C(=O)NCc1ccccc1Cn1cccn1. The summed E-state index contributed by atoms with van der Waals surface area (Å²) in [5.74, 6) is -0.115. The van der Waals surface area contributed by atoms with Crippen molar-refractivity contribution in [1.82, 2.24) is 24.9 Å². The summed E-state index contributed by atoms with van der Waals surface area (Å²) in [7, 11) is 0. The summed E-state index contributed by atoms with van der Waals surface area (Å²) >= 11 is 0. The fourth-order valence-corrected chi connectivity index (χ4v) is 3.51. The molecule has 0 aliphatic heterocycles. The van der Waals surface area contributed by atoms with E-state index in [1.54, 1.807) is 6.20 Å². The van der Waals surface area contributed by atoms with Crippen molar-refractivity contribution in [3.8, 4) is 5.69 Å². The van der Waals surface area contributed by atoms with E-state index in [1.807, 2.05) is 84.0 Å². The van der Waals surface area contributed by atoms with Gasteiger partial charge < -0.3 is 5.32 Å². The molecule has 1 N–H and O–H groups in total. The molecule has 0 saturated carbocycles. The van der Waals surface area contributed by atoms with E-state index in [-0.39, 0.29) is 5.91 Å². The molecule has 0 aliphatic rings. The van der Waals surface area contributed by atoms with Gasteiger partial charge in [0.15, 0.2) is 0 Å². The number of para-hydroxylation sites is 1. The van der Waals surface area contributed by atoms with Gasteiger partial charge in [-0.15, -0.1) is 0 Å². The lowest BCUT2D eigenvalue weighted by Gasteiger charge is -2.11. The van der Waals surface area contributed by atoms with Crippen molar-refractivity contribution in [3.05, 3.63) is 101 Å². The quantitative estimate of drug-likeness (QED) is 0.551. The highest BCUT2D eigenvalue weighted by atomic mass is 16.1. The monoisotopic (exact) mass is 385 g/mol. The fourth-order valence-electron chi connectivity index (χ4n) is 3.51. The first kappa shape index (κ1) is 18.7. The van der Waals surface area contributed by atoms with Gasteiger partial charge in [-0.25, -0.2) is 4.68 Å². The second-order valence-corrected chi connectivity index (χ2v) is 6.95. The molecule has 0 spiro atoms. The van der Waals surface area contributed by atoms with E-state index < -0.39 is 0 Å². The average molecular weight is 385 g/mol. The van der Waals surface area contributed by atoms with Crippen LogP contribution in [0.15, 0.2) is 73.1 Å². The Morgan fingerprint density at radius 2 is 1.69 bits per heavy atom. The van der Waals surface area contributed by atoms with Crippen LogP contribution in [0.2, 0.25) is 0 Å². The Hall–Kier alpha value is -3.67. The fraction of sp³-hybridized carbons (Fsp3) is 0.174. The van der Waals surface area contributed by atoms with Gasteiger partial charge >= 0.3 is 0 Å². The highest BCUT2D eigenvalue weighted by Crippen LogP contribution is 2.18. The molecule has 0 fully saturated rings. The maximum atomic E-state index is 13.0. The molecule has 0 bridgehead atoms. The van der Waals surface area contributed by atoms with Crippen LogP contribution >= 0.6 is 0 Å². The molecule has 0 atom stereocenters. The van der Waals surface area contributed by atoms with E-state index in [1.165, 1.54) is 0 Å². The van der Waals surface area contributed by atoms with Gasteiger partial charge in [-0.1, -0.05) is 42.5 Å². The molecule has 146 valence electrons. The average Bonchev–Trinajstić information content (AvgIpc) is 3.35. The first-order valence-corrected chi connectivity index (χ1v) is 9.57. The molecule has 6 heteroatoms. The van der Waals surface area contributed by atoms with Gasteiger partial charge in [0.2, 0.25) is 0 Å². The van der Waals surface area contributed by atoms with Crippen molar-refractivity contribution in [3.63, 3.8) is 0 Å². The topological polar surface area (TPSA) is 64.7 Å². The zero-order valence-electron chi connectivity index (χ0n) is 16.5. The highest BCUT2D eigenvalue weighted by Gasteiger charge is 2.19. The third kappa shape index (κ3) is 3.96. The molecule has 0 aliphatic carbocycles. The van der Waals surface area contributed by atoms with Crippen LogP contribution in [0, 0.1) is 13.8 Å². The summed E-state index contributed by atoms with van der Waals surface area (Å²) in [6.07, 6.45) is 3.69. The van der Waals surface area contributed by atoms with Crippen molar-refractivity contribution >= 4 is 5.91 Å². The number of carbonyl (C=O) groups excluding carboxylic acids is 1. The van der Waals surface area contributed by atoms with Crippen LogP contribution < -0.4 is 5.32 Å². The van der Waals surface area contributed by atoms with E-state index in [0.29, 0.717) is 24.3 Å². The van der Waals surface area contributed by atoms with Crippen LogP contribution in [0.5, 0.6) is 0 Å². The number of carbonyl (C=O) groups is 1. The summed E-state index contributed by atoms with van der Waals surface area (Å²) in [6, 6.07) is 19.8. The molecular formula is C23H23N5O. The van der Waals surface area contributed by atoms with Crippen LogP contribution in [0.4, 0.5) is 0 Å². The van der Waals surface area contributed by atoms with E-state index >= 15 is 0 Å². The predicted octanol–water partition coefficient (Wildman–Crippen LogP) is 3.66. The lowest BCUT2D eigenvalue weighted by molar-refractivity contribution is 0.0949. The first-order valence-electron chi connectivity index (χ1n) is 9.57.